The molecule has 0 spiro atoms. The van der Waals surface area contributed by atoms with E-state index < -0.39 is 0 Å². The van der Waals surface area contributed by atoms with E-state index in [0.717, 1.165) is 12.1 Å². The van der Waals surface area contributed by atoms with Crippen LogP contribution in [0, 0.1) is 0 Å². The van der Waals surface area contributed by atoms with Gasteiger partial charge in [-0.2, -0.15) is 0 Å². The van der Waals surface area contributed by atoms with Gasteiger partial charge in [-0.1, -0.05) is 0 Å². The first-order chi connectivity index (χ1) is 4.86. The average Bonchev–Trinajstić information content (AvgIpc) is 2.05. The third kappa shape index (κ3) is 1.96. The molecule has 60 valence electrons. The van der Waals surface area contributed by atoms with Gasteiger partial charge in [0.05, 0.1) is 0 Å². The van der Waals surface area contributed by atoms with E-state index in [-0.39, 0.29) is 0 Å². The van der Waals surface area contributed by atoms with Crippen LogP contribution < -0.4 is 10.6 Å². The minimum Gasteiger partial charge on any atom is -0.317 e. The van der Waals surface area contributed by atoms with Crippen LogP contribution in [0.2, 0.25) is 0 Å². The lowest BCUT2D eigenvalue weighted by atomic mass is 9.91. The van der Waals surface area contributed by atoms with Crippen molar-refractivity contribution in [1.82, 2.24) is 10.6 Å². The second-order valence-corrected chi connectivity index (χ2v) is 3.13. The highest BCUT2D eigenvalue weighted by molar-refractivity contribution is 4.78. The van der Waals surface area contributed by atoms with Crippen molar-refractivity contribution in [1.29, 1.82) is 0 Å². The van der Waals surface area contributed by atoms with Crippen LogP contribution in [0.5, 0.6) is 0 Å². The van der Waals surface area contributed by atoms with Crippen molar-refractivity contribution in [3.63, 3.8) is 0 Å². The minimum absolute atomic E-state index is 0.782. The largest absolute Gasteiger partial charge is 0.317 e. The van der Waals surface area contributed by atoms with Gasteiger partial charge in [0.1, 0.15) is 0 Å². The van der Waals surface area contributed by atoms with Crippen molar-refractivity contribution in [3.8, 4) is 0 Å². The summed E-state index contributed by atoms with van der Waals surface area (Å²) in [6.45, 7) is 0. The fourth-order valence-electron chi connectivity index (χ4n) is 1.67. The van der Waals surface area contributed by atoms with Crippen LogP contribution in [-0.4, -0.2) is 26.2 Å². The van der Waals surface area contributed by atoms with Gasteiger partial charge in [0.25, 0.3) is 0 Å². The van der Waals surface area contributed by atoms with Gasteiger partial charge in [-0.15, -0.1) is 0 Å². The molecule has 1 aliphatic carbocycles. The molecule has 0 aromatic rings. The molecule has 0 unspecified atom stereocenters. The third-order valence-electron chi connectivity index (χ3n) is 2.54. The van der Waals surface area contributed by atoms with E-state index in [1.54, 1.807) is 0 Å². The Labute approximate surface area is 63.4 Å². The van der Waals surface area contributed by atoms with E-state index in [1.165, 1.54) is 25.7 Å². The summed E-state index contributed by atoms with van der Waals surface area (Å²) in [4.78, 5) is 0. The molecule has 10 heavy (non-hydrogen) atoms. The third-order valence-corrected chi connectivity index (χ3v) is 2.54. The second kappa shape index (κ2) is 3.94. The minimum atomic E-state index is 0.782. The van der Waals surface area contributed by atoms with Crippen LogP contribution in [0.4, 0.5) is 0 Å². The van der Waals surface area contributed by atoms with Crippen molar-refractivity contribution >= 4 is 0 Å². The first-order valence-corrected chi connectivity index (χ1v) is 4.21. The molecule has 0 saturated heterocycles. The summed E-state index contributed by atoms with van der Waals surface area (Å²) in [5, 5.41) is 6.64. The van der Waals surface area contributed by atoms with E-state index in [9.17, 15) is 0 Å². The molecule has 0 heterocycles. The van der Waals surface area contributed by atoms with Crippen molar-refractivity contribution < 1.29 is 0 Å². The fraction of sp³-hybridized carbons (Fsp3) is 1.00. The highest BCUT2D eigenvalue weighted by Crippen LogP contribution is 2.17. The predicted molar refractivity (Wildman–Crippen MR) is 44.2 cm³/mol. The summed E-state index contributed by atoms with van der Waals surface area (Å²) < 4.78 is 0. The standard InChI is InChI=1S/C8H18N2/c1-9-7-3-5-8(10-2)6-4-7/h7-10H,3-6H2,1-2H3. The Morgan fingerprint density at radius 1 is 0.800 bits per heavy atom. The van der Waals surface area contributed by atoms with Gasteiger partial charge < -0.3 is 10.6 Å². The Kier molecular flexibility index (Phi) is 3.16. The summed E-state index contributed by atoms with van der Waals surface area (Å²) in [5.41, 5.74) is 0. The summed E-state index contributed by atoms with van der Waals surface area (Å²) in [6.07, 6.45) is 5.34. The summed E-state index contributed by atoms with van der Waals surface area (Å²) in [6, 6.07) is 1.56. The Hall–Kier alpha value is -0.0800. The fourth-order valence-corrected chi connectivity index (χ4v) is 1.67. The van der Waals surface area contributed by atoms with Crippen LogP contribution in [0.25, 0.3) is 0 Å². The Balaban J connectivity index is 2.17. The van der Waals surface area contributed by atoms with Crippen LogP contribution in [0.3, 0.4) is 0 Å². The monoisotopic (exact) mass is 142 g/mol. The van der Waals surface area contributed by atoms with Gasteiger partial charge in [0.2, 0.25) is 0 Å². The number of hydrogen-bond donors (Lipinski definition) is 2. The smallest absolute Gasteiger partial charge is 0.00652 e. The van der Waals surface area contributed by atoms with E-state index in [4.69, 9.17) is 0 Å². The van der Waals surface area contributed by atoms with Crippen molar-refractivity contribution in [2.24, 2.45) is 0 Å². The Morgan fingerprint density at radius 3 is 1.30 bits per heavy atom. The van der Waals surface area contributed by atoms with E-state index >= 15 is 0 Å². The molecule has 0 bridgehead atoms. The molecule has 2 nitrogen and oxygen atoms in total. The molecule has 0 aromatic heterocycles. The topological polar surface area (TPSA) is 24.1 Å². The Morgan fingerprint density at radius 2 is 1.10 bits per heavy atom. The zero-order valence-corrected chi connectivity index (χ0v) is 6.98. The zero-order valence-electron chi connectivity index (χ0n) is 6.98. The van der Waals surface area contributed by atoms with E-state index in [2.05, 4.69) is 24.7 Å². The first kappa shape index (κ1) is 8.02. The van der Waals surface area contributed by atoms with Gasteiger partial charge in [-0.25, -0.2) is 0 Å². The molecule has 0 radical (unpaired) electrons. The van der Waals surface area contributed by atoms with Crippen molar-refractivity contribution in [3.05, 3.63) is 0 Å². The lowest BCUT2D eigenvalue weighted by Gasteiger charge is -2.27. The highest BCUT2D eigenvalue weighted by Gasteiger charge is 2.17. The van der Waals surface area contributed by atoms with Gasteiger partial charge in [-0.3, -0.25) is 0 Å². The van der Waals surface area contributed by atoms with Crippen LogP contribution in [-0.2, 0) is 0 Å². The zero-order chi connectivity index (χ0) is 7.40. The molecule has 1 aliphatic rings. The molecular weight excluding hydrogens is 124 g/mol. The lowest BCUT2D eigenvalue weighted by Crippen LogP contribution is -2.37. The summed E-state index contributed by atoms with van der Waals surface area (Å²) in [7, 11) is 4.12. The lowest BCUT2D eigenvalue weighted by molar-refractivity contribution is 0.330. The van der Waals surface area contributed by atoms with Crippen molar-refractivity contribution in [2.75, 3.05) is 14.1 Å². The average molecular weight is 142 g/mol. The maximum atomic E-state index is 3.32. The van der Waals surface area contributed by atoms with Crippen LogP contribution in [0.15, 0.2) is 0 Å². The predicted octanol–water partition coefficient (Wildman–Crippen LogP) is 0.736. The summed E-state index contributed by atoms with van der Waals surface area (Å²) in [5.74, 6) is 0. The number of hydrogen-bond acceptors (Lipinski definition) is 2. The summed E-state index contributed by atoms with van der Waals surface area (Å²) >= 11 is 0. The number of rotatable bonds is 2. The SMILES string of the molecule is CNC1CCC(NC)CC1. The molecule has 0 atom stereocenters. The van der Waals surface area contributed by atoms with Crippen molar-refractivity contribution in [2.45, 2.75) is 37.8 Å². The molecular formula is C8H18N2. The molecule has 2 heteroatoms. The van der Waals surface area contributed by atoms with E-state index in [0.29, 0.717) is 0 Å². The first-order valence-electron chi connectivity index (χ1n) is 4.21. The quantitative estimate of drug-likeness (QED) is 0.594. The molecule has 1 saturated carbocycles. The second-order valence-electron chi connectivity index (χ2n) is 3.13. The molecule has 0 aromatic carbocycles. The maximum absolute atomic E-state index is 3.32. The van der Waals surface area contributed by atoms with Crippen LogP contribution >= 0.6 is 0 Å². The molecule has 2 N–H and O–H groups in total. The van der Waals surface area contributed by atoms with Gasteiger partial charge >= 0.3 is 0 Å². The molecule has 0 amide bonds. The highest BCUT2D eigenvalue weighted by atomic mass is 14.9. The number of nitrogens with one attached hydrogen (secondary N) is 2. The molecule has 1 fully saturated rings. The normalized spacial score (nSPS) is 34.2. The van der Waals surface area contributed by atoms with Crippen LogP contribution in [0.1, 0.15) is 25.7 Å². The molecule has 1 rings (SSSR count). The van der Waals surface area contributed by atoms with Gasteiger partial charge in [-0.05, 0) is 39.8 Å². The van der Waals surface area contributed by atoms with Gasteiger partial charge in [0.15, 0.2) is 0 Å². The molecule has 0 aliphatic heterocycles. The maximum Gasteiger partial charge on any atom is 0.00652 e. The Bertz CT molecular complexity index is 73.3. The van der Waals surface area contributed by atoms with Gasteiger partial charge in [0, 0.05) is 12.1 Å². The van der Waals surface area contributed by atoms with E-state index in [1.807, 2.05) is 0 Å².